The van der Waals surface area contributed by atoms with Crippen molar-refractivity contribution in [3.63, 3.8) is 0 Å². The Morgan fingerprint density at radius 3 is 2.62 bits per heavy atom. The summed E-state index contributed by atoms with van der Waals surface area (Å²) in [5, 5.41) is 7.75. The Morgan fingerprint density at radius 2 is 1.83 bits per heavy atom. The fraction of sp³-hybridized carbons (Fsp3) is 0.500. The first kappa shape index (κ1) is 15.2. The highest BCUT2D eigenvalue weighted by molar-refractivity contribution is 5.79. The van der Waals surface area contributed by atoms with E-state index in [4.69, 9.17) is 4.74 Å². The van der Waals surface area contributed by atoms with Gasteiger partial charge in [-0.25, -0.2) is 0 Å². The van der Waals surface area contributed by atoms with Crippen molar-refractivity contribution >= 4 is 5.91 Å². The lowest BCUT2D eigenvalue weighted by Gasteiger charge is -2.34. The Labute approximate surface area is 141 Å². The third kappa shape index (κ3) is 3.00. The number of para-hydroxylation sites is 1. The van der Waals surface area contributed by atoms with Crippen molar-refractivity contribution in [1.82, 2.24) is 19.7 Å². The lowest BCUT2D eigenvalue weighted by molar-refractivity contribution is -0.137. The molecule has 126 valence electrons. The summed E-state index contributed by atoms with van der Waals surface area (Å²) in [5.41, 5.74) is 1.15. The molecule has 4 rings (SSSR count). The number of hydrogen-bond donors (Lipinski definition) is 0. The van der Waals surface area contributed by atoms with Gasteiger partial charge < -0.3 is 14.2 Å². The maximum absolute atomic E-state index is 12.9. The molecule has 1 fully saturated rings. The summed E-state index contributed by atoms with van der Waals surface area (Å²) < 4.78 is 7.85. The van der Waals surface area contributed by atoms with Crippen LogP contribution in [0, 0.1) is 5.92 Å². The number of likely N-dealkylation sites (tertiary alicyclic amines) is 1. The lowest BCUT2D eigenvalue weighted by atomic mass is 9.94. The molecule has 0 saturated carbocycles. The molecule has 6 heteroatoms. The van der Waals surface area contributed by atoms with Crippen LogP contribution >= 0.6 is 0 Å². The molecule has 1 aromatic carbocycles. The first-order valence-electron chi connectivity index (χ1n) is 8.65. The Kier molecular flexibility index (Phi) is 4.19. The summed E-state index contributed by atoms with van der Waals surface area (Å²) in [6.07, 6.45) is 7.02. The maximum Gasteiger partial charge on any atom is 0.226 e. The summed E-state index contributed by atoms with van der Waals surface area (Å²) >= 11 is 0. The summed E-state index contributed by atoms with van der Waals surface area (Å²) in [6, 6.07) is 8.46. The van der Waals surface area contributed by atoms with Crippen LogP contribution in [0.3, 0.4) is 0 Å². The summed E-state index contributed by atoms with van der Waals surface area (Å²) in [6.45, 7) is 2.23. The van der Waals surface area contributed by atoms with E-state index in [9.17, 15) is 4.79 Å². The molecule has 3 heterocycles. The molecule has 6 nitrogen and oxygen atoms in total. The van der Waals surface area contributed by atoms with Crippen LogP contribution in [0.15, 0.2) is 36.9 Å². The van der Waals surface area contributed by atoms with Crippen molar-refractivity contribution in [2.24, 2.45) is 5.92 Å². The van der Waals surface area contributed by atoms with E-state index in [1.54, 1.807) is 12.7 Å². The number of hydrogen-bond acceptors (Lipinski definition) is 4. The molecular weight excluding hydrogens is 304 g/mol. The van der Waals surface area contributed by atoms with E-state index in [0.717, 1.165) is 50.1 Å². The van der Waals surface area contributed by atoms with Gasteiger partial charge in [0.15, 0.2) is 0 Å². The number of carbonyl (C=O) groups is 1. The zero-order valence-corrected chi connectivity index (χ0v) is 13.7. The largest absolute Gasteiger partial charge is 0.493 e. The molecular formula is C18H22N4O2. The highest BCUT2D eigenvalue weighted by Gasteiger charge is 2.30. The van der Waals surface area contributed by atoms with Gasteiger partial charge in [0.25, 0.3) is 0 Å². The minimum absolute atomic E-state index is 0.0279. The summed E-state index contributed by atoms with van der Waals surface area (Å²) in [7, 11) is 0. The minimum Gasteiger partial charge on any atom is -0.493 e. The average Bonchev–Trinajstić information content (AvgIpc) is 3.08. The van der Waals surface area contributed by atoms with E-state index in [0.29, 0.717) is 12.6 Å². The number of piperidine rings is 1. The summed E-state index contributed by atoms with van der Waals surface area (Å²) in [4.78, 5) is 15.0. The molecule has 0 bridgehead atoms. The number of carbonyl (C=O) groups excluding carboxylic acids is 1. The molecule has 0 N–H and O–H groups in total. The SMILES string of the molecule is O=C([C@@H]1CCOc2ccccc2C1)N1CCC(n2cnnc2)CC1. The van der Waals surface area contributed by atoms with Crippen molar-refractivity contribution in [2.75, 3.05) is 19.7 Å². The topological polar surface area (TPSA) is 60.2 Å². The van der Waals surface area contributed by atoms with Gasteiger partial charge >= 0.3 is 0 Å². The van der Waals surface area contributed by atoms with E-state index in [-0.39, 0.29) is 11.8 Å². The minimum atomic E-state index is 0.0279. The number of rotatable bonds is 2. The van der Waals surface area contributed by atoms with E-state index < -0.39 is 0 Å². The molecule has 2 aliphatic heterocycles. The second kappa shape index (κ2) is 6.63. The quantitative estimate of drug-likeness (QED) is 0.848. The average molecular weight is 326 g/mol. The van der Waals surface area contributed by atoms with Gasteiger partial charge in [-0.2, -0.15) is 0 Å². The predicted octanol–water partition coefficient (Wildman–Crippen LogP) is 2.08. The number of ether oxygens (including phenoxy) is 1. The highest BCUT2D eigenvalue weighted by Crippen LogP contribution is 2.29. The Bertz CT molecular complexity index is 693. The fourth-order valence-electron chi connectivity index (χ4n) is 3.74. The molecule has 1 saturated heterocycles. The molecule has 0 aliphatic carbocycles. The molecule has 0 unspecified atom stereocenters. The van der Waals surface area contributed by atoms with Gasteiger partial charge in [0.2, 0.25) is 5.91 Å². The van der Waals surface area contributed by atoms with E-state index in [2.05, 4.69) is 20.8 Å². The Morgan fingerprint density at radius 1 is 1.08 bits per heavy atom. The van der Waals surface area contributed by atoms with Crippen LogP contribution in [0.2, 0.25) is 0 Å². The third-order valence-electron chi connectivity index (χ3n) is 5.15. The molecule has 2 aromatic rings. The zero-order chi connectivity index (χ0) is 16.4. The van der Waals surface area contributed by atoms with Gasteiger partial charge in [-0.15, -0.1) is 10.2 Å². The van der Waals surface area contributed by atoms with E-state index >= 15 is 0 Å². The standard InChI is InChI=1S/C18H22N4O2/c23-18(15-7-10-24-17-4-2-1-3-14(17)11-15)21-8-5-16(6-9-21)22-12-19-20-13-22/h1-4,12-13,15-16H,5-11H2/t15-/m1/s1. The van der Waals surface area contributed by atoms with Crippen molar-refractivity contribution < 1.29 is 9.53 Å². The molecule has 1 atom stereocenters. The van der Waals surface area contributed by atoms with Crippen LogP contribution in [0.5, 0.6) is 5.75 Å². The first-order chi connectivity index (χ1) is 11.8. The second-order valence-electron chi connectivity index (χ2n) is 6.61. The van der Waals surface area contributed by atoms with Gasteiger partial charge in [-0.1, -0.05) is 18.2 Å². The molecule has 0 radical (unpaired) electrons. The van der Waals surface area contributed by atoms with E-state index in [1.807, 2.05) is 23.1 Å². The van der Waals surface area contributed by atoms with Crippen molar-refractivity contribution in [1.29, 1.82) is 0 Å². The first-order valence-corrected chi connectivity index (χ1v) is 8.65. The number of benzene rings is 1. The molecule has 0 spiro atoms. The molecule has 1 aromatic heterocycles. The smallest absolute Gasteiger partial charge is 0.226 e. The highest BCUT2D eigenvalue weighted by atomic mass is 16.5. The number of aromatic nitrogens is 3. The van der Waals surface area contributed by atoms with Gasteiger partial charge in [0.05, 0.1) is 6.61 Å². The zero-order valence-electron chi connectivity index (χ0n) is 13.7. The van der Waals surface area contributed by atoms with Crippen LogP contribution in [0.25, 0.3) is 0 Å². The number of fused-ring (bicyclic) bond motifs is 1. The van der Waals surface area contributed by atoms with Crippen LogP contribution in [0.1, 0.15) is 30.9 Å². The van der Waals surface area contributed by atoms with Crippen molar-refractivity contribution in [2.45, 2.75) is 31.7 Å². The predicted molar refractivity (Wildman–Crippen MR) is 88.6 cm³/mol. The van der Waals surface area contributed by atoms with Crippen LogP contribution in [-0.4, -0.2) is 45.3 Å². The molecule has 2 aliphatic rings. The number of nitrogens with zero attached hydrogens (tertiary/aromatic N) is 4. The molecule has 24 heavy (non-hydrogen) atoms. The Hall–Kier alpha value is -2.37. The summed E-state index contributed by atoms with van der Waals surface area (Å²) in [5.74, 6) is 1.23. The third-order valence-corrected chi connectivity index (χ3v) is 5.15. The second-order valence-corrected chi connectivity index (χ2v) is 6.61. The van der Waals surface area contributed by atoms with Crippen molar-refractivity contribution in [3.05, 3.63) is 42.5 Å². The van der Waals surface area contributed by atoms with Gasteiger partial charge in [-0.05, 0) is 37.3 Å². The van der Waals surface area contributed by atoms with Crippen molar-refractivity contribution in [3.8, 4) is 5.75 Å². The van der Waals surface area contributed by atoms with Gasteiger partial charge in [0.1, 0.15) is 18.4 Å². The van der Waals surface area contributed by atoms with Gasteiger partial charge in [0, 0.05) is 25.0 Å². The van der Waals surface area contributed by atoms with Crippen LogP contribution in [-0.2, 0) is 11.2 Å². The lowest BCUT2D eigenvalue weighted by Crippen LogP contribution is -2.42. The van der Waals surface area contributed by atoms with Crippen LogP contribution in [0.4, 0.5) is 0 Å². The van der Waals surface area contributed by atoms with Crippen LogP contribution < -0.4 is 4.74 Å². The molecule has 1 amide bonds. The van der Waals surface area contributed by atoms with Gasteiger partial charge in [-0.3, -0.25) is 4.79 Å². The fourth-order valence-corrected chi connectivity index (χ4v) is 3.74. The number of amides is 1. The monoisotopic (exact) mass is 326 g/mol. The maximum atomic E-state index is 12.9. The van der Waals surface area contributed by atoms with E-state index in [1.165, 1.54) is 0 Å². The Balaban J connectivity index is 1.40. The normalized spacial score (nSPS) is 21.7.